The number of likely N-dealkylation sites (tertiary alicyclic amines) is 1. The summed E-state index contributed by atoms with van der Waals surface area (Å²) in [5.74, 6) is -2.13. The van der Waals surface area contributed by atoms with Crippen molar-refractivity contribution in [3.8, 4) is 0 Å². The van der Waals surface area contributed by atoms with Crippen molar-refractivity contribution in [2.45, 2.75) is 58.3 Å². The molecule has 0 spiro atoms. The lowest BCUT2D eigenvalue weighted by Crippen LogP contribution is -2.55. The zero-order valence-electron chi connectivity index (χ0n) is 13.3. The molecule has 21 heavy (non-hydrogen) atoms. The molecule has 1 amide bonds. The number of hydrogen-bond donors (Lipinski definition) is 2. The minimum Gasteiger partial charge on any atom is -0.481 e. The summed E-state index contributed by atoms with van der Waals surface area (Å²) in [5.41, 5.74) is -1.46. The molecule has 0 aliphatic carbocycles. The number of nitrogens with zero attached hydrogens (tertiary/aromatic N) is 1. The van der Waals surface area contributed by atoms with Crippen LogP contribution in [0.4, 0.5) is 4.79 Å². The third-order valence-corrected chi connectivity index (χ3v) is 3.80. The van der Waals surface area contributed by atoms with Crippen LogP contribution in [-0.4, -0.2) is 51.0 Å². The Morgan fingerprint density at radius 1 is 1.38 bits per heavy atom. The van der Waals surface area contributed by atoms with Crippen LogP contribution in [-0.2, 0) is 9.53 Å². The molecule has 0 aromatic carbocycles. The summed E-state index contributed by atoms with van der Waals surface area (Å²) in [4.78, 5) is 24.8. The predicted molar refractivity (Wildman–Crippen MR) is 77.9 cm³/mol. The summed E-state index contributed by atoms with van der Waals surface area (Å²) in [6.07, 6.45) is -0.201. The van der Waals surface area contributed by atoms with Gasteiger partial charge in [-0.1, -0.05) is 12.2 Å². The maximum Gasteiger partial charge on any atom is 0.410 e. The Balaban J connectivity index is 3.01. The van der Waals surface area contributed by atoms with Crippen molar-refractivity contribution in [3.63, 3.8) is 0 Å². The molecule has 1 aliphatic rings. The molecule has 6 nitrogen and oxygen atoms in total. The number of amides is 1. The molecule has 6 heteroatoms. The fourth-order valence-corrected chi connectivity index (χ4v) is 2.37. The molecule has 1 saturated heterocycles. The Bertz CT molecular complexity index is 449. The van der Waals surface area contributed by atoms with Crippen molar-refractivity contribution in [1.82, 2.24) is 4.90 Å². The Kier molecular flexibility index (Phi) is 4.73. The Morgan fingerprint density at radius 3 is 2.33 bits per heavy atom. The smallest absolute Gasteiger partial charge is 0.410 e. The average Bonchev–Trinajstić information content (AvgIpc) is 2.68. The van der Waals surface area contributed by atoms with E-state index in [0.717, 1.165) is 5.57 Å². The SMILES string of the molecule is C=C1C[C@@H]([C@](C)(O)[C@@H](C)C(=O)O)N(C(=O)OC(C)(C)C)C1. The lowest BCUT2D eigenvalue weighted by atomic mass is 9.82. The van der Waals surface area contributed by atoms with Gasteiger partial charge in [0, 0.05) is 6.54 Å². The maximum atomic E-state index is 12.3. The quantitative estimate of drug-likeness (QED) is 0.779. The van der Waals surface area contributed by atoms with Crippen molar-refractivity contribution < 1.29 is 24.5 Å². The zero-order chi connectivity index (χ0) is 16.6. The number of carbonyl (C=O) groups is 2. The molecule has 120 valence electrons. The highest BCUT2D eigenvalue weighted by molar-refractivity contribution is 5.73. The summed E-state index contributed by atoms with van der Waals surface area (Å²) in [5, 5.41) is 19.8. The molecule has 0 saturated carbocycles. The average molecular weight is 299 g/mol. The first-order chi connectivity index (χ1) is 9.36. The number of carboxylic acid groups (broad SMARTS) is 1. The second-order valence-corrected chi connectivity index (χ2v) is 6.86. The second kappa shape index (κ2) is 5.67. The van der Waals surface area contributed by atoms with E-state index in [1.165, 1.54) is 18.7 Å². The van der Waals surface area contributed by atoms with Crippen molar-refractivity contribution >= 4 is 12.1 Å². The molecular formula is C15H25NO5. The summed E-state index contributed by atoms with van der Waals surface area (Å²) < 4.78 is 5.32. The first-order valence-electron chi connectivity index (χ1n) is 6.97. The van der Waals surface area contributed by atoms with E-state index < -0.39 is 35.2 Å². The molecule has 0 unspecified atom stereocenters. The minimum atomic E-state index is -1.57. The first kappa shape index (κ1) is 17.5. The summed E-state index contributed by atoms with van der Waals surface area (Å²) in [6, 6.07) is -0.661. The van der Waals surface area contributed by atoms with Crippen LogP contribution < -0.4 is 0 Å². The van der Waals surface area contributed by atoms with Gasteiger partial charge < -0.3 is 14.9 Å². The fraction of sp³-hybridized carbons (Fsp3) is 0.733. The number of hydrogen-bond acceptors (Lipinski definition) is 4. The van der Waals surface area contributed by atoms with Gasteiger partial charge in [0.05, 0.1) is 17.6 Å². The van der Waals surface area contributed by atoms with E-state index in [2.05, 4.69) is 6.58 Å². The zero-order valence-corrected chi connectivity index (χ0v) is 13.3. The van der Waals surface area contributed by atoms with E-state index in [1.807, 2.05) is 0 Å². The number of aliphatic carboxylic acids is 1. The lowest BCUT2D eigenvalue weighted by molar-refractivity contribution is -0.154. The van der Waals surface area contributed by atoms with Crippen molar-refractivity contribution in [2.24, 2.45) is 5.92 Å². The number of ether oxygens (including phenoxy) is 1. The van der Waals surface area contributed by atoms with E-state index in [4.69, 9.17) is 9.84 Å². The van der Waals surface area contributed by atoms with Gasteiger partial charge in [0.25, 0.3) is 0 Å². The molecular weight excluding hydrogens is 274 g/mol. The largest absolute Gasteiger partial charge is 0.481 e. The highest BCUT2D eigenvalue weighted by Crippen LogP contribution is 2.35. The molecule has 1 heterocycles. The van der Waals surface area contributed by atoms with Crippen LogP contribution in [0, 0.1) is 5.92 Å². The highest BCUT2D eigenvalue weighted by atomic mass is 16.6. The van der Waals surface area contributed by atoms with Gasteiger partial charge in [-0.15, -0.1) is 0 Å². The third kappa shape index (κ3) is 3.97. The topological polar surface area (TPSA) is 87.1 Å². The van der Waals surface area contributed by atoms with Crippen LogP contribution in [0.3, 0.4) is 0 Å². The van der Waals surface area contributed by atoms with E-state index in [-0.39, 0.29) is 6.54 Å². The van der Waals surface area contributed by atoms with E-state index in [9.17, 15) is 14.7 Å². The van der Waals surface area contributed by atoms with E-state index in [0.29, 0.717) is 6.42 Å². The molecule has 3 atom stereocenters. The Hall–Kier alpha value is -1.56. The van der Waals surface area contributed by atoms with Gasteiger partial charge in [-0.05, 0) is 41.0 Å². The van der Waals surface area contributed by atoms with Crippen LogP contribution in [0.1, 0.15) is 41.0 Å². The normalized spacial score (nSPS) is 23.6. The molecule has 2 N–H and O–H groups in total. The van der Waals surface area contributed by atoms with Gasteiger partial charge in [-0.2, -0.15) is 0 Å². The standard InChI is InChI=1S/C15H25NO5/c1-9-7-11(15(6,20)10(2)12(17)18)16(8-9)13(19)21-14(3,4)5/h10-11,20H,1,7-8H2,2-6H3,(H,17,18)/t10-,11-,15+/m0/s1. The number of aliphatic hydroxyl groups is 1. The van der Waals surface area contributed by atoms with Gasteiger partial charge in [-0.25, -0.2) is 4.79 Å². The van der Waals surface area contributed by atoms with Crippen molar-refractivity contribution in [3.05, 3.63) is 12.2 Å². The van der Waals surface area contributed by atoms with Crippen LogP contribution in [0.25, 0.3) is 0 Å². The third-order valence-electron chi connectivity index (χ3n) is 3.80. The Morgan fingerprint density at radius 2 is 1.90 bits per heavy atom. The fourth-order valence-electron chi connectivity index (χ4n) is 2.37. The molecule has 0 bridgehead atoms. The van der Waals surface area contributed by atoms with Gasteiger partial charge in [0.1, 0.15) is 5.60 Å². The summed E-state index contributed by atoms with van der Waals surface area (Å²) >= 11 is 0. The second-order valence-electron chi connectivity index (χ2n) is 6.86. The van der Waals surface area contributed by atoms with Crippen LogP contribution in [0.15, 0.2) is 12.2 Å². The number of rotatable bonds is 3. The minimum absolute atomic E-state index is 0.266. The molecule has 1 aliphatic heterocycles. The number of carboxylic acids is 1. The lowest BCUT2D eigenvalue weighted by Gasteiger charge is -2.39. The van der Waals surface area contributed by atoms with Crippen LogP contribution >= 0.6 is 0 Å². The van der Waals surface area contributed by atoms with Crippen molar-refractivity contribution in [2.75, 3.05) is 6.54 Å². The monoisotopic (exact) mass is 299 g/mol. The van der Waals surface area contributed by atoms with E-state index in [1.54, 1.807) is 20.8 Å². The maximum absolute atomic E-state index is 12.3. The van der Waals surface area contributed by atoms with Gasteiger partial charge in [-0.3, -0.25) is 9.69 Å². The molecule has 0 aromatic heterocycles. The van der Waals surface area contributed by atoms with Crippen LogP contribution in [0.2, 0.25) is 0 Å². The molecule has 0 radical (unpaired) electrons. The van der Waals surface area contributed by atoms with Crippen molar-refractivity contribution in [1.29, 1.82) is 0 Å². The summed E-state index contributed by atoms with van der Waals surface area (Å²) in [7, 11) is 0. The van der Waals surface area contributed by atoms with Gasteiger partial charge in [0.15, 0.2) is 0 Å². The molecule has 1 rings (SSSR count). The molecule has 1 fully saturated rings. The number of carbonyl (C=O) groups excluding carboxylic acids is 1. The summed E-state index contributed by atoms with van der Waals surface area (Å²) in [6.45, 7) is 12.2. The molecule has 0 aromatic rings. The van der Waals surface area contributed by atoms with Gasteiger partial charge in [0.2, 0.25) is 0 Å². The van der Waals surface area contributed by atoms with Crippen LogP contribution in [0.5, 0.6) is 0 Å². The highest BCUT2D eigenvalue weighted by Gasteiger charge is 2.49. The van der Waals surface area contributed by atoms with E-state index >= 15 is 0 Å². The van der Waals surface area contributed by atoms with Gasteiger partial charge >= 0.3 is 12.1 Å². The first-order valence-corrected chi connectivity index (χ1v) is 6.97. The Labute approximate surface area is 125 Å². The predicted octanol–water partition coefficient (Wildman–Crippen LogP) is 2.02.